The number of halogens is 3. The van der Waals surface area contributed by atoms with Crippen molar-refractivity contribution >= 4 is 44.3 Å². The lowest BCUT2D eigenvalue weighted by Gasteiger charge is -2.12. The standard InChI is InChI=1S/C15H16BrFIN3/c1-3-5-12-13(18)15(19-4-2)21-14(20-12)9-6-7-10(16)11(17)8-9/h6-8H,3-5H2,1-2H3,(H,19,20,21). The molecule has 0 saturated heterocycles. The van der Waals surface area contributed by atoms with Gasteiger partial charge in [-0.05, 0) is 70.1 Å². The van der Waals surface area contributed by atoms with E-state index in [-0.39, 0.29) is 5.82 Å². The van der Waals surface area contributed by atoms with E-state index in [2.05, 4.69) is 60.7 Å². The third-order valence-electron chi connectivity index (χ3n) is 2.93. The molecule has 0 amide bonds. The molecule has 0 radical (unpaired) electrons. The highest BCUT2D eigenvalue weighted by Crippen LogP contribution is 2.27. The van der Waals surface area contributed by atoms with Crippen LogP contribution in [0, 0.1) is 9.39 Å². The first-order valence-electron chi connectivity index (χ1n) is 6.82. The van der Waals surface area contributed by atoms with E-state index in [0.29, 0.717) is 15.9 Å². The predicted molar refractivity (Wildman–Crippen MR) is 96.0 cm³/mol. The molecule has 6 heteroatoms. The Kier molecular flexibility index (Phi) is 5.92. The summed E-state index contributed by atoms with van der Waals surface area (Å²) in [7, 11) is 0. The van der Waals surface area contributed by atoms with Crippen molar-refractivity contribution in [2.75, 3.05) is 11.9 Å². The zero-order valence-electron chi connectivity index (χ0n) is 11.9. The Morgan fingerprint density at radius 2 is 2.05 bits per heavy atom. The molecule has 21 heavy (non-hydrogen) atoms. The summed E-state index contributed by atoms with van der Waals surface area (Å²) < 4.78 is 15.2. The van der Waals surface area contributed by atoms with Crippen LogP contribution in [0.3, 0.4) is 0 Å². The molecule has 0 aliphatic rings. The summed E-state index contributed by atoms with van der Waals surface area (Å²) in [6.45, 7) is 4.92. The lowest BCUT2D eigenvalue weighted by molar-refractivity contribution is 0.621. The van der Waals surface area contributed by atoms with Gasteiger partial charge < -0.3 is 5.32 Å². The molecule has 0 spiro atoms. The second-order valence-corrected chi connectivity index (χ2v) is 6.50. The van der Waals surface area contributed by atoms with Crippen molar-refractivity contribution in [3.8, 4) is 11.4 Å². The number of nitrogens with one attached hydrogen (secondary N) is 1. The Bertz CT molecular complexity index is 622. The Balaban J connectivity index is 2.53. The van der Waals surface area contributed by atoms with Crippen LogP contribution < -0.4 is 5.32 Å². The van der Waals surface area contributed by atoms with Crippen LogP contribution in [0.15, 0.2) is 22.7 Å². The fourth-order valence-corrected chi connectivity index (χ4v) is 2.89. The minimum absolute atomic E-state index is 0.309. The first-order chi connectivity index (χ1) is 10.1. The molecule has 0 bridgehead atoms. The number of benzene rings is 1. The first-order valence-corrected chi connectivity index (χ1v) is 8.69. The van der Waals surface area contributed by atoms with E-state index in [1.807, 2.05) is 13.0 Å². The molecule has 112 valence electrons. The largest absolute Gasteiger partial charge is 0.369 e. The first kappa shape index (κ1) is 16.6. The van der Waals surface area contributed by atoms with Crippen LogP contribution in [0.5, 0.6) is 0 Å². The zero-order chi connectivity index (χ0) is 15.4. The fourth-order valence-electron chi connectivity index (χ4n) is 1.94. The van der Waals surface area contributed by atoms with Crippen LogP contribution in [0.25, 0.3) is 11.4 Å². The number of aryl methyl sites for hydroxylation is 1. The number of hydrogen-bond acceptors (Lipinski definition) is 3. The molecule has 0 aliphatic carbocycles. The van der Waals surface area contributed by atoms with Gasteiger partial charge in [0.1, 0.15) is 11.6 Å². The van der Waals surface area contributed by atoms with Crippen molar-refractivity contribution in [2.24, 2.45) is 0 Å². The van der Waals surface area contributed by atoms with Gasteiger partial charge in [0.05, 0.1) is 13.7 Å². The van der Waals surface area contributed by atoms with Crippen molar-refractivity contribution in [1.82, 2.24) is 9.97 Å². The van der Waals surface area contributed by atoms with Gasteiger partial charge in [0.25, 0.3) is 0 Å². The Hall–Kier alpha value is -0.760. The van der Waals surface area contributed by atoms with E-state index in [1.165, 1.54) is 6.07 Å². The second kappa shape index (κ2) is 7.49. The Morgan fingerprint density at radius 3 is 2.67 bits per heavy atom. The van der Waals surface area contributed by atoms with E-state index < -0.39 is 0 Å². The summed E-state index contributed by atoms with van der Waals surface area (Å²) in [5.74, 6) is 1.06. The molecule has 2 rings (SSSR count). The maximum atomic E-state index is 13.7. The van der Waals surface area contributed by atoms with Crippen LogP contribution in [0.4, 0.5) is 10.2 Å². The Labute approximate surface area is 146 Å². The van der Waals surface area contributed by atoms with Gasteiger partial charge in [-0.25, -0.2) is 14.4 Å². The number of hydrogen-bond donors (Lipinski definition) is 1. The topological polar surface area (TPSA) is 37.8 Å². The summed E-state index contributed by atoms with van der Waals surface area (Å²) in [6.07, 6.45) is 1.89. The normalized spacial score (nSPS) is 10.7. The average Bonchev–Trinajstić information content (AvgIpc) is 2.46. The van der Waals surface area contributed by atoms with Gasteiger partial charge >= 0.3 is 0 Å². The van der Waals surface area contributed by atoms with Crippen LogP contribution in [0.1, 0.15) is 26.0 Å². The van der Waals surface area contributed by atoms with Crippen molar-refractivity contribution < 1.29 is 4.39 Å². The van der Waals surface area contributed by atoms with Gasteiger partial charge in [0.15, 0.2) is 5.82 Å². The molecular weight excluding hydrogens is 448 g/mol. The smallest absolute Gasteiger partial charge is 0.161 e. The summed E-state index contributed by atoms with van der Waals surface area (Å²) in [5, 5.41) is 3.25. The van der Waals surface area contributed by atoms with Crippen molar-refractivity contribution in [3.05, 3.63) is 37.8 Å². The number of aromatic nitrogens is 2. The molecule has 1 aromatic heterocycles. The fraction of sp³-hybridized carbons (Fsp3) is 0.333. The molecular formula is C15H16BrFIN3. The Morgan fingerprint density at radius 1 is 1.29 bits per heavy atom. The monoisotopic (exact) mass is 463 g/mol. The molecule has 1 heterocycles. The van der Waals surface area contributed by atoms with E-state index in [0.717, 1.165) is 34.5 Å². The number of nitrogens with zero attached hydrogens (tertiary/aromatic N) is 2. The van der Waals surface area contributed by atoms with E-state index in [4.69, 9.17) is 0 Å². The summed E-state index contributed by atoms with van der Waals surface area (Å²) >= 11 is 5.43. The van der Waals surface area contributed by atoms with Gasteiger partial charge in [-0.2, -0.15) is 0 Å². The molecule has 0 aliphatic heterocycles. The van der Waals surface area contributed by atoms with Gasteiger partial charge in [-0.15, -0.1) is 0 Å². The maximum Gasteiger partial charge on any atom is 0.161 e. The van der Waals surface area contributed by atoms with E-state index >= 15 is 0 Å². The van der Waals surface area contributed by atoms with Crippen molar-refractivity contribution in [1.29, 1.82) is 0 Å². The van der Waals surface area contributed by atoms with Crippen molar-refractivity contribution in [2.45, 2.75) is 26.7 Å². The molecule has 2 aromatic rings. The molecule has 0 saturated carbocycles. The third kappa shape index (κ3) is 3.91. The van der Waals surface area contributed by atoms with Crippen LogP contribution >= 0.6 is 38.5 Å². The molecule has 0 fully saturated rings. The molecule has 0 unspecified atom stereocenters. The average molecular weight is 464 g/mol. The number of anilines is 1. The quantitative estimate of drug-likeness (QED) is 0.631. The SMILES string of the molecule is CCCc1nc(-c2ccc(Br)c(F)c2)nc(NCC)c1I. The van der Waals surface area contributed by atoms with Crippen LogP contribution in [-0.2, 0) is 6.42 Å². The van der Waals surface area contributed by atoms with Crippen LogP contribution in [-0.4, -0.2) is 16.5 Å². The highest BCUT2D eigenvalue weighted by Gasteiger charge is 2.13. The lowest BCUT2D eigenvalue weighted by atomic mass is 10.2. The summed E-state index contributed by atoms with van der Waals surface area (Å²) in [4.78, 5) is 9.14. The summed E-state index contributed by atoms with van der Waals surface area (Å²) in [6, 6.07) is 4.96. The minimum Gasteiger partial charge on any atom is -0.369 e. The van der Waals surface area contributed by atoms with Gasteiger partial charge in [-0.3, -0.25) is 0 Å². The second-order valence-electron chi connectivity index (χ2n) is 4.57. The molecule has 3 nitrogen and oxygen atoms in total. The highest BCUT2D eigenvalue weighted by molar-refractivity contribution is 14.1. The van der Waals surface area contributed by atoms with Gasteiger partial charge in [0, 0.05) is 12.1 Å². The maximum absolute atomic E-state index is 13.7. The van der Waals surface area contributed by atoms with Crippen molar-refractivity contribution in [3.63, 3.8) is 0 Å². The zero-order valence-corrected chi connectivity index (χ0v) is 15.6. The van der Waals surface area contributed by atoms with E-state index in [9.17, 15) is 4.39 Å². The van der Waals surface area contributed by atoms with Gasteiger partial charge in [0.2, 0.25) is 0 Å². The minimum atomic E-state index is -0.309. The van der Waals surface area contributed by atoms with E-state index in [1.54, 1.807) is 6.07 Å². The molecule has 0 atom stereocenters. The number of rotatable bonds is 5. The third-order valence-corrected chi connectivity index (χ3v) is 4.71. The predicted octanol–water partition coefficient (Wildman–Crippen LogP) is 5.03. The lowest BCUT2D eigenvalue weighted by Crippen LogP contribution is -2.08. The molecule has 1 aromatic carbocycles. The van der Waals surface area contributed by atoms with Gasteiger partial charge in [-0.1, -0.05) is 13.3 Å². The van der Waals surface area contributed by atoms with Crippen LogP contribution in [0.2, 0.25) is 0 Å². The highest BCUT2D eigenvalue weighted by atomic mass is 127. The summed E-state index contributed by atoms with van der Waals surface area (Å²) in [5.41, 5.74) is 1.69. The molecule has 1 N–H and O–H groups in total.